The third-order valence-electron chi connectivity index (χ3n) is 1.71. The average Bonchev–Trinajstić information content (AvgIpc) is 2.65. The van der Waals surface area contributed by atoms with E-state index in [9.17, 15) is 0 Å². The van der Waals surface area contributed by atoms with Gasteiger partial charge in [0.25, 0.3) is 0 Å². The molecule has 0 aliphatic heterocycles. The van der Waals surface area contributed by atoms with Crippen LogP contribution in [-0.4, -0.2) is 4.57 Å². The molecule has 0 spiro atoms. The van der Waals surface area contributed by atoms with Crippen LogP contribution in [0.5, 0.6) is 0 Å². The van der Waals surface area contributed by atoms with Crippen molar-refractivity contribution in [3.05, 3.63) is 28.0 Å². The van der Waals surface area contributed by atoms with Crippen LogP contribution in [0.3, 0.4) is 0 Å². The van der Waals surface area contributed by atoms with Gasteiger partial charge in [-0.2, -0.15) is 0 Å². The van der Waals surface area contributed by atoms with E-state index >= 15 is 0 Å². The van der Waals surface area contributed by atoms with Crippen LogP contribution in [0, 0.1) is 0 Å². The van der Waals surface area contributed by atoms with Gasteiger partial charge in [-0.05, 0) is 0 Å². The van der Waals surface area contributed by atoms with Crippen molar-refractivity contribution in [2.75, 3.05) is 0 Å². The van der Waals surface area contributed by atoms with E-state index in [-0.39, 0.29) is 0 Å². The summed E-state index contributed by atoms with van der Waals surface area (Å²) in [7, 11) is 4.01. The monoisotopic (exact) mass is 212 g/mol. The number of aryl methyl sites for hydroxylation is 2. The number of hydrogen-bond acceptors (Lipinski definition) is 3. The minimum atomic E-state index is 1.03. The normalized spacial score (nSPS) is 12.3. The standard InChI is InChI=1S/C8H10N3S2/c1-10-3-5-12-7(10)9-8-11(2)4-6-13-8/h3-6H,1-2H3/q+1. The van der Waals surface area contributed by atoms with Crippen LogP contribution < -0.4 is 9.37 Å². The van der Waals surface area contributed by atoms with E-state index in [4.69, 9.17) is 0 Å². The number of aromatic nitrogens is 2. The summed E-state index contributed by atoms with van der Waals surface area (Å²) in [6.07, 6.45) is 4.02. The lowest BCUT2D eigenvalue weighted by Crippen LogP contribution is -2.25. The number of nitrogens with zero attached hydrogens (tertiary/aromatic N) is 3. The summed E-state index contributed by atoms with van der Waals surface area (Å²) >= 11 is 3.29. The van der Waals surface area contributed by atoms with Crippen molar-refractivity contribution < 1.29 is 4.57 Å². The highest BCUT2D eigenvalue weighted by molar-refractivity contribution is 7.13. The molecule has 2 rings (SSSR count). The molecule has 0 fully saturated rings. The fraction of sp³-hybridized carbons (Fsp3) is 0.250. The first-order valence-corrected chi connectivity index (χ1v) is 5.61. The Bertz CT molecular complexity index is 463. The largest absolute Gasteiger partial charge is 0.385 e. The average molecular weight is 212 g/mol. The first kappa shape index (κ1) is 8.65. The van der Waals surface area contributed by atoms with E-state index in [1.807, 2.05) is 46.4 Å². The van der Waals surface area contributed by atoms with E-state index in [1.165, 1.54) is 0 Å². The van der Waals surface area contributed by atoms with Crippen LogP contribution in [0.15, 0.2) is 28.1 Å². The quantitative estimate of drug-likeness (QED) is 0.634. The number of rotatable bonds is 1. The maximum Gasteiger partial charge on any atom is 0.385 e. The summed E-state index contributed by atoms with van der Waals surface area (Å²) in [5.74, 6) is 0. The van der Waals surface area contributed by atoms with Crippen molar-refractivity contribution >= 4 is 27.8 Å². The molecule has 0 radical (unpaired) electrons. The van der Waals surface area contributed by atoms with Gasteiger partial charge >= 0.3 is 9.93 Å². The lowest BCUT2D eigenvalue weighted by Gasteiger charge is -1.83. The summed E-state index contributed by atoms with van der Waals surface area (Å²) in [5.41, 5.74) is 0. The fourth-order valence-corrected chi connectivity index (χ4v) is 2.47. The topological polar surface area (TPSA) is 21.2 Å². The van der Waals surface area contributed by atoms with E-state index in [1.54, 1.807) is 22.7 Å². The van der Waals surface area contributed by atoms with Crippen molar-refractivity contribution in [1.29, 1.82) is 0 Å². The highest BCUT2D eigenvalue weighted by Crippen LogP contribution is 2.10. The smallest absolute Gasteiger partial charge is 0.306 e. The second kappa shape index (κ2) is 3.43. The van der Waals surface area contributed by atoms with Crippen molar-refractivity contribution in [3.63, 3.8) is 0 Å². The van der Waals surface area contributed by atoms with Gasteiger partial charge in [-0.15, -0.1) is 0 Å². The van der Waals surface area contributed by atoms with E-state index in [0.29, 0.717) is 0 Å². The second-order valence-corrected chi connectivity index (χ2v) is 4.45. The molecule has 0 bridgehead atoms. The lowest BCUT2D eigenvalue weighted by atomic mass is 10.9. The Morgan fingerprint density at radius 2 is 2.23 bits per heavy atom. The van der Waals surface area contributed by atoms with Crippen molar-refractivity contribution in [2.45, 2.75) is 0 Å². The Labute approximate surface area is 84.3 Å². The maximum atomic E-state index is 4.52. The van der Waals surface area contributed by atoms with Gasteiger partial charge in [0, 0.05) is 29.0 Å². The molecule has 0 aliphatic carbocycles. The van der Waals surface area contributed by atoms with Gasteiger partial charge in [0.15, 0.2) is 0 Å². The van der Waals surface area contributed by atoms with Crippen LogP contribution >= 0.6 is 22.7 Å². The van der Waals surface area contributed by atoms with E-state index in [2.05, 4.69) is 4.99 Å². The van der Waals surface area contributed by atoms with E-state index < -0.39 is 0 Å². The molecule has 0 N–H and O–H groups in total. The Balaban J connectivity index is 2.53. The predicted molar refractivity (Wildman–Crippen MR) is 54.0 cm³/mol. The molecule has 3 nitrogen and oxygen atoms in total. The van der Waals surface area contributed by atoms with Crippen LogP contribution in [0.1, 0.15) is 0 Å². The van der Waals surface area contributed by atoms with Gasteiger partial charge in [-0.1, -0.05) is 22.7 Å². The molecule has 0 saturated carbocycles. The van der Waals surface area contributed by atoms with Gasteiger partial charge in [0.2, 0.25) is 0 Å². The molecule has 0 amide bonds. The molecule has 2 heterocycles. The Morgan fingerprint density at radius 1 is 1.38 bits per heavy atom. The second-order valence-electron chi connectivity index (χ2n) is 2.70. The molecule has 2 aromatic heterocycles. The fourth-order valence-electron chi connectivity index (χ4n) is 0.951. The van der Waals surface area contributed by atoms with Crippen LogP contribution in [-0.2, 0) is 14.1 Å². The highest BCUT2D eigenvalue weighted by atomic mass is 32.1. The van der Waals surface area contributed by atoms with Gasteiger partial charge < -0.3 is 4.57 Å². The molecular formula is C8H10N3S2+. The van der Waals surface area contributed by atoms with Gasteiger partial charge in [0.1, 0.15) is 6.20 Å². The minimum absolute atomic E-state index is 1.03. The van der Waals surface area contributed by atoms with Crippen LogP contribution in [0.2, 0.25) is 0 Å². The molecule has 0 atom stereocenters. The van der Waals surface area contributed by atoms with E-state index in [0.717, 1.165) is 9.93 Å². The first-order chi connectivity index (χ1) is 6.27. The molecule has 0 aliphatic rings. The Kier molecular flexibility index (Phi) is 2.28. The van der Waals surface area contributed by atoms with Crippen molar-refractivity contribution in [1.82, 2.24) is 4.57 Å². The van der Waals surface area contributed by atoms with Crippen LogP contribution in [0.25, 0.3) is 0 Å². The first-order valence-electron chi connectivity index (χ1n) is 3.85. The zero-order valence-electron chi connectivity index (χ0n) is 7.47. The lowest BCUT2D eigenvalue weighted by molar-refractivity contribution is -0.654. The summed E-state index contributed by atoms with van der Waals surface area (Å²) in [6, 6.07) is 0. The third-order valence-corrected chi connectivity index (χ3v) is 3.41. The third kappa shape index (κ3) is 1.71. The van der Waals surface area contributed by atoms with Gasteiger partial charge in [-0.25, -0.2) is 4.57 Å². The molecule has 0 aromatic carbocycles. The Hall–Kier alpha value is -0.940. The summed E-state index contributed by atoms with van der Waals surface area (Å²) in [4.78, 5) is 5.55. The molecule has 2 aromatic rings. The summed E-state index contributed by atoms with van der Waals surface area (Å²) < 4.78 is 4.04. The van der Waals surface area contributed by atoms with Crippen molar-refractivity contribution in [2.24, 2.45) is 19.1 Å². The Morgan fingerprint density at radius 3 is 2.77 bits per heavy atom. The molecule has 5 heteroatoms. The molecule has 68 valence electrons. The zero-order chi connectivity index (χ0) is 9.26. The minimum Gasteiger partial charge on any atom is -0.306 e. The highest BCUT2D eigenvalue weighted by Gasteiger charge is 2.06. The molecule has 0 saturated heterocycles. The molecule has 0 unspecified atom stereocenters. The SMILES string of the molecule is Cn1ccsc1=Nc1scc[n+]1C. The number of hydrogen-bond donors (Lipinski definition) is 0. The van der Waals surface area contributed by atoms with Crippen LogP contribution in [0.4, 0.5) is 5.13 Å². The molecular weight excluding hydrogens is 202 g/mol. The van der Waals surface area contributed by atoms with Gasteiger partial charge in [-0.3, -0.25) is 0 Å². The summed E-state index contributed by atoms with van der Waals surface area (Å²) in [6.45, 7) is 0. The predicted octanol–water partition coefficient (Wildman–Crippen LogP) is 1.20. The molecule has 13 heavy (non-hydrogen) atoms. The maximum absolute atomic E-state index is 4.52. The van der Waals surface area contributed by atoms with Crippen molar-refractivity contribution in [3.8, 4) is 0 Å². The zero-order valence-corrected chi connectivity index (χ0v) is 9.10. The van der Waals surface area contributed by atoms with Gasteiger partial charge in [0.05, 0.1) is 7.05 Å². The number of thiazole rings is 2. The summed E-state index contributed by atoms with van der Waals surface area (Å²) in [5, 5.41) is 5.09.